The van der Waals surface area contributed by atoms with Gasteiger partial charge in [0.05, 0.1) is 0 Å². The van der Waals surface area contributed by atoms with E-state index in [2.05, 4.69) is 28.2 Å². The van der Waals surface area contributed by atoms with Gasteiger partial charge in [0.25, 0.3) is 0 Å². The highest BCUT2D eigenvalue weighted by molar-refractivity contribution is 5.36. The van der Waals surface area contributed by atoms with E-state index in [1.165, 1.54) is 6.42 Å². The summed E-state index contributed by atoms with van der Waals surface area (Å²) in [5.41, 5.74) is 2.60. The van der Waals surface area contributed by atoms with Crippen LogP contribution in [0.4, 0.5) is 4.39 Å². The summed E-state index contributed by atoms with van der Waals surface area (Å²) >= 11 is 0. The quantitative estimate of drug-likeness (QED) is 0.746. The third kappa shape index (κ3) is 4.85. The molecule has 1 saturated carbocycles. The number of benzene rings is 2. The van der Waals surface area contributed by atoms with Gasteiger partial charge in [-0.3, -0.25) is 4.90 Å². The number of likely N-dealkylation sites (N-methyl/N-ethyl adjacent to an activating group) is 1. The van der Waals surface area contributed by atoms with Gasteiger partial charge >= 0.3 is 0 Å². The zero-order valence-corrected chi connectivity index (χ0v) is 18.0. The number of nitrogens with one attached hydrogen (secondary N) is 1. The Morgan fingerprint density at radius 2 is 1.73 bits per heavy atom. The molecule has 0 unspecified atom stereocenters. The first-order chi connectivity index (χ1) is 14.6. The molecule has 1 aliphatic carbocycles. The van der Waals surface area contributed by atoms with Crippen LogP contribution in [0.2, 0.25) is 0 Å². The molecule has 4 nitrogen and oxygen atoms in total. The van der Waals surface area contributed by atoms with Crippen LogP contribution in [0.1, 0.15) is 48.8 Å². The fraction of sp³-hybridized carbons (Fsp3) is 0.520. The van der Waals surface area contributed by atoms with E-state index in [1.807, 2.05) is 18.2 Å². The predicted molar refractivity (Wildman–Crippen MR) is 119 cm³/mol. The third-order valence-electron chi connectivity index (χ3n) is 6.86. The molecule has 0 radical (unpaired) electrons. The van der Waals surface area contributed by atoms with Crippen LogP contribution in [0.5, 0.6) is 5.75 Å². The molecule has 30 heavy (non-hydrogen) atoms. The van der Waals surface area contributed by atoms with E-state index in [4.69, 9.17) is 0 Å². The summed E-state index contributed by atoms with van der Waals surface area (Å²) in [6, 6.07) is 13.1. The molecular formula is C25H34FN3O. The average Bonchev–Trinajstić information content (AvgIpc) is 2.77. The van der Waals surface area contributed by atoms with Gasteiger partial charge in [-0.25, -0.2) is 4.39 Å². The minimum absolute atomic E-state index is 0.117. The Labute approximate surface area is 179 Å². The smallest absolute Gasteiger partial charge is 0.128 e. The number of rotatable bonds is 6. The normalized spacial score (nSPS) is 20.3. The SMILES string of the molecule is CN1CCN(Cc2cc(CNC3(c4ccccc4F)CCCCC3)ccc2O)CC1. The molecule has 2 N–H and O–H groups in total. The van der Waals surface area contributed by atoms with E-state index in [-0.39, 0.29) is 11.4 Å². The van der Waals surface area contributed by atoms with E-state index in [9.17, 15) is 9.50 Å². The lowest BCUT2D eigenvalue weighted by Crippen LogP contribution is -2.44. The second kappa shape index (κ2) is 9.46. The van der Waals surface area contributed by atoms with Gasteiger partial charge < -0.3 is 15.3 Å². The Morgan fingerprint density at radius 1 is 1.00 bits per heavy atom. The van der Waals surface area contributed by atoms with Crippen molar-refractivity contribution in [3.05, 3.63) is 65.0 Å². The summed E-state index contributed by atoms with van der Waals surface area (Å²) in [4.78, 5) is 4.73. The molecule has 5 heteroatoms. The molecule has 1 aliphatic heterocycles. The van der Waals surface area contributed by atoms with Gasteiger partial charge in [-0.1, -0.05) is 43.5 Å². The summed E-state index contributed by atoms with van der Waals surface area (Å²) in [5.74, 6) is 0.243. The Hall–Kier alpha value is -1.95. The van der Waals surface area contributed by atoms with Crippen LogP contribution >= 0.6 is 0 Å². The highest BCUT2D eigenvalue weighted by atomic mass is 19.1. The summed E-state index contributed by atoms with van der Waals surface area (Å²) < 4.78 is 14.7. The van der Waals surface area contributed by atoms with Gasteiger partial charge in [-0.2, -0.15) is 0 Å². The van der Waals surface area contributed by atoms with Gasteiger partial charge in [0.15, 0.2) is 0 Å². The summed E-state index contributed by atoms with van der Waals surface area (Å²) in [7, 11) is 2.15. The lowest BCUT2D eigenvalue weighted by Gasteiger charge is -2.39. The Kier molecular flexibility index (Phi) is 6.71. The summed E-state index contributed by atoms with van der Waals surface area (Å²) in [6.45, 7) is 5.61. The molecule has 0 amide bonds. The Bertz CT molecular complexity index is 842. The van der Waals surface area contributed by atoms with E-state index < -0.39 is 0 Å². The van der Waals surface area contributed by atoms with Crippen molar-refractivity contribution >= 4 is 0 Å². The van der Waals surface area contributed by atoms with Crippen molar-refractivity contribution < 1.29 is 9.50 Å². The first-order valence-electron chi connectivity index (χ1n) is 11.3. The maximum absolute atomic E-state index is 14.7. The zero-order valence-electron chi connectivity index (χ0n) is 18.0. The molecule has 4 rings (SSSR count). The lowest BCUT2D eigenvalue weighted by molar-refractivity contribution is 0.147. The van der Waals surface area contributed by atoms with Gasteiger partial charge in [0.2, 0.25) is 0 Å². The van der Waals surface area contributed by atoms with Crippen molar-refractivity contribution in [1.82, 2.24) is 15.1 Å². The molecule has 0 spiro atoms. The topological polar surface area (TPSA) is 38.7 Å². The molecule has 0 aromatic heterocycles. The molecule has 2 aromatic carbocycles. The number of halogens is 1. The molecule has 1 heterocycles. The highest BCUT2D eigenvalue weighted by Crippen LogP contribution is 2.38. The van der Waals surface area contributed by atoms with Crippen LogP contribution in [-0.4, -0.2) is 48.1 Å². The lowest BCUT2D eigenvalue weighted by atomic mass is 9.76. The number of hydrogen-bond acceptors (Lipinski definition) is 4. The number of piperazine rings is 1. The molecule has 0 bridgehead atoms. The van der Waals surface area contributed by atoms with Crippen LogP contribution in [0.25, 0.3) is 0 Å². The summed E-state index contributed by atoms with van der Waals surface area (Å²) in [6.07, 6.45) is 5.36. The van der Waals surface area contributed by atoms with Crippen molar-refractivity contribution in [2.24, 2.45) is 0 Å². The molecule has 162 valence electrons. The fourth-order valence-electron chi connectivity index (χ4n) is 4.94. The number of aromatic hydroxyl groups is 1. The molecule has 2 aromatic rings. The predicted octanol–water partition coefficient (Wildman–Crippen LogP) is 4.23. The minimum atomic E-state index is -0.306. The van der Waals surface area contributed by atoms with Crippen LogP contribution in [0, 0.1) is 5.82 Å². The maximum atomic E-state index is 14.7. The van der Waals surface area contributed by atoms with Gasteiger partial charge in [0, 0.05) is 55.9 Å². The van der Waals surface area contributed by atoms with Crippen molar-refractivity contribution in [3.8, 4) is 5.75 Å². The largest absolute Gasteiger partial charge is 0.508 e. The van der Waals surface area contributed by atoms with Crippen LogP contribution in [0.15, 0.2) is 42.5 Å². The van der Waals surface area contributed by atoms with Crippen molar-refractivity contribution in [2.45, 2.75) is 50.7 Å². The second-order valence-electron chi connectivity index (χ2n) is 9.02. The fourth-order valence-corrected chi connectivity index (χ4v) is 4.94. The third-order valence-corrected chi connectivity index (χ3v) is 6.86. The summed E-state index contributed by atoms with van der Waals surface area (Å²) in [5, 5.41) is 14.1. The first-order valence-corrected chi connectivity index (χ1v) is 11.3. The van der Waals surface area contributed by atoms with Crippen LogP contribution in [0.3, 0.4) is 0 Å². The van der Waals surface area contributed by atoms with E-state index in [0.29, 0.717) is 12.3 Å². The van der Waals surface area contributed by atoms with Crippen LogP contribution in [-0.2, 0) is 18.6 Å². The Balaban J connectivity index is 1.48. The first kappa shape index (κ1) is 21.3. The number of phenolic OH excluding ortho intramolecular Hbond substituents is 1. The van der Waals surface area contributed by atoms with Crippen LogP contribution < -0.4 is 5.32 Å². The highest BCUT2D eigenvalue weighted by Gasteiger charge is 2.35. The number of nitrogens with zero attached hydrogens (tertiary/aromatic N) is 2. The second-order valence-corrected chi connectivity index (χ2v) is 9.02. The Morgan fingerprint density at radius 3 is 2.47 bits per heavy atom. The van der Waals surface area contributed by atoms with E-state index in [0.717, 1.165) is 75.1 Å². The van der Waals surface area contributed by atoms with E-state index in [1.54, 1.807) is 18.2 Å². The maximum Gasteiger partial charge on any atom is 0.128 e. The van der Waals surface area contributed by atoms with Crippen molar-refractivity contribution in [2.75, 3.05) is 33.2 Å². The van der Waals surface area contributed by atoms with Gasteiger partial charge in [-0.15, -0.1) is 0 Å². The molecule has 2 fully saturated rings. The van der Waals surface area contributed by atoms with Crippen molar-refractivity contribution in [1.29, 1.82) is 0 Å². The van der Waals surface area contributed by atoms with Gasteiger partial charge in [0.1, 0.15) is 11.6 Å². The number of phenols is 1. The molecular weight excluding hydrogens is 377 g/mol. The minimum Gasteiger partial charge on any atom is -0.508 e. The monoisotopic (exact) mass is 411 g/mol. The molecule has 2 aliphatic rings. The van der Waals surface area contributed by atoms with E-state index >= 15 is 0 Å². The zero-order chi connectivity index (χ0) is 21.0. The molecule has 1 saturated heterocycles. The van der Waals surface area contributed by atoms with Crippen molar-refractivity contribution in [3.63, 3.8) is 0 Å². The van der Waals surface area contributed by atoms with Gasteiger partial charge in [-0.05, 0) is 43.7 Å². The average molecular weight is 412 g/mol. The number of hydrogen-bond donors (Lipinski definition) is 2. The molecule has 0 atom stereocenters. The standard InChI is InChI=1S/C25H34FN3O/c1-28-13-15-29(16-14-28)19-21-17-20(9-10-24(21)30)18-27-25(11-5-2-6-12-25)22-7-3-4-8-23(22)26/h3-4,7-10,17,27,30H,2,5-6,11-16,18-19H2,1H3.